The van der Waals surface area contributed by atoms with Crippen LogP contribution in [0.25, 0.3) is 0 Å². The number of amides is 1. The molecule has 0 spiro atoms. The van der Waals surface area contributed by atoms with E-state index < -0.39 is 0 Å². The number of hydrogen-bond acceptors (Lipinski definition) is 4. The van der Waals surface area contributed by atoms with Gasteiger partial charge in [0.15, 0.2) is 0 Å². The molecule has 2 aromatic rings. The van der Waals surface area contributed by atoms with Crippen LogP contribution in [0, 0.1) is 6.92 Å². The van der Waals surface area contributed by atoms with Crippen LogP contribution in [0.15, 0.2) is 28.7 Å². The molecule has 0 saturated carbocycles. The number of nitrogens with zero attached hydrogens (tertiary/aromatic N) is 1. The highest BCUT2D eigenvalue weighted by molar-refractivity contribution is 9.10. The quantitative estimate of drug-likeness (QED) is 0.895. The predicted molar refractivity (Wildman–Crippen MR) is 90.0 cm³/mol. The van der Waals surface area contributed by atoms with Crippen LogP contribution in [-0.4, -0.2) is 25.0 Å². The van der Waals surface area contributed by atoms with E-state index in [1.165, 1.54) is 11.3 Å². The van der Waals surface area contributed by atoms with Crippen LogP contribution in [-0.2, 0) is 6.54 Å². The Hall–Kier alpha value is -1.53. The minimum atomic E-state index is -0.0400. The molecule has 1 aromatic heterocycles. The molecule has 21 heavy (non-hydrogen) atoms. The first-order chi connectivity index (χ1) is 9.92. The van der Waals surface area contributed by atoms with Gasteiger partial charge < -0.3 is 15.4 Å². The summed E-state index contributed by atoms with van der Waals surface area (Å²) < 4.78 is 6.29. The van der Waals surface area contributed by atoms with E-state index in [-0.39, 0.29) is 5.91 Å². The molecule has 0 atom stereocenters. The zero-order valence-electron chi connectivity index (χ0n) is 12.1. The first kappa shape index (κ1) is 15.9. The van der Waals surface area contributed by atoms with Gasteiger partial charge in [0.2, 0.25) is 0 Å². The molecule has 0 unspecified atom stereocenters. The standard InChI is InChI=1S/C15H17BrN2O2S/c1-9-12(17)7-14(21-9)15(19)18(2)8-10-6-11(16)4-5-13(10)20-3/h4-7H,8,17H2,1-3H3. The number of nitrogens with two attached hydrogens (primary N) is 1. The Morgan fingerprint density at radius 1 is 1.43 bits per heavy atom. The van der Waals surface area contributed by atoms with Crippen LogP contribution >= 0.6 is 27.3 Å². The monoisotopic (exact) mass is 368 g/mol. The number of nitrogen functional groups attached to an aromatic ring is 1. The number of carbonyl (C=O) groups is 1. The van der Waals surface area contributed by atoms with Gasteiger partial charge in [0.1, 0.15) is 5.75 Å². The number of anilines is 1. The summed E-state index contributed by atoms with van der Waals surface area (Å²) in [6, 6.07) is 7.48. The van der Waals surface area contributed by atoms with Gasteiger partial charge in [0, 0.05) is 34.2 Å². The summed E-state index contributed by atoms with van der Waals surface area (Å²) in [5.41, 5.74) is 7.42. The van der Waals surface area contributed by atoms with Gasteiger partial charge in [0.05, 0.1) is 12.0 Å². The van der Waals surface area contributed by atoms with Crippen molar-refractivity contribution in [1.29, 1.82) is 0 Å². The van der Waals surface area contributed by atoms with Crippen molar-refractivity contribution in [2.75, 3.05) is 19.9 Å². The summed E-state index contributed by atoms with van der Waals surface area (Å²) in [4.78, 5) is 15.7. The fourth-order valence-corrected chi connectivity index (χ4v) is 3.33. The van der Waals surface area contributed by atoms with E-state index in [2.05, 4.69) is 15.9 Å². The van der Waals surface area contributed by atoms with E-state index in [9.17, 15) is 4.79 Å². The van der Waals surface area contributed by atoms with Crippen molar-refractivity contribution in [3.05, 3.63) is 44.1 Å². The molecular weight excluding hydrogens is 352 g/mol. The van der Waals surface area contributed by atoms with Gasteiger partial charge in [0.25, 0.3) is 5.91 Å². The Labute approximate surface area is 136 Å². The van der Waals surface area contributed by atoms with Crippen molar-refractivity contribution in [1.82, 2.24) is 4.90 Å². The van der Waals surface area contributed by atoms with Gasteiger partial charge in [-0.3, -0.25) is 4.79 Å². The highest BCUT2D eigenvalue weighted by Crippen LogP contribution is 2.27. The molecule has 0 saturated heterocycles. The van der Waals surface area contributed by atoms with E-state index >= 15 is 0 Å². The molecule has 6 heteroatoms. The van der Waals surface area contributed by atoms with Crippen LogP contribution in [0.1, 0.15) is 20.1 Å². The second-order valence-corrected chi connectivity index (χ2v) is 6.91. The average Bonchev–Trinajstić information content (AvgIpc) is 2.78. The third kappa shape index (κ3) is 3.57. The molecule has 0 fully saturated rings. The number of aryl methyl sites for hydroxylation is 1. The maximum absolute atomic E-state index is 12.4. The Morgan fingerprint density at radius 3 is 2.71 bits per heavy atom. The molecule has 2 N–H and O–H groups in total. The summed E-state index contributed by atoms with van der Waals surface area (Å²) in [5.74, 6) is 0.724. The zero-order valence-corrected chi connectivity index (χ0v) is 14.5. The molecule has 112 valence electrons. The number of ether oxygens (including phenoxy) is 1. The minimum absolute atomic E-state index is 0.0400. The average molecular weight is 369 g/mol. The fourth-order valence-electron chi connectivity index (χ4n) is 1.99. The predicted octanol–water partition coefficient (Wildman–Crippen LogP) is 3.68. The maximum Gasteiger partial charge on any atom is 0.264 e. The van der Waals surface area contributed by atoms with Crippen molar-refractivity contribution in [2.24, 2.45) is 0 Å². The number of carbonyl (C=O) groups excluding carboxylic acids is 1. The van der Waals surface area contributed by atoms with Gasteiger partial charge in [-0.1, -0.05) is 15.9 Å². The lowest BCUT2D eigenvalue weighted by molar-refractivity contribution is 0.0789. The van der Waals surface area contributed by atoms with E-state index in [1.807, 2.05) is 25.1 Å². The highest BCUT2D eigenvalue weighted by atomic mass is 79.9. The summed E-state index contributed by atoms with van der Waals surface area (Å²) in [5, 5.41) is 0. The highest BCUT2D eigenvalue weighted by Gasteiger charge is 2.17. The molecule has 1 amide bonds. The van der Waals surface area contributed by atoms with Crippen LogP contribution in [0.5, 0.6) is 5.75 Å². The number of benzene rings is 1. The van der Waals surface area contributed by atoms with Gasteiger partial charge >= 0.3 is 0 Å². The zero-order chi connectivity index (χ0) is 15.6. The topological polar surface area (TPSA) is 55.6 Å². The largest absolute Gasteiger partial charge is 0.496 e. The lowest BCUT2D eigenvalue weighted by Crippen LogP contribution is -2.25. The fraction of sp³-hybridized carbons (Fsp3) is 0.267. The molecule has 0 aliphatic heterocycles. The van der Waals surface area contributed by atoms with E-state index in [0.29, 0.717) is 17.1 Å². The summed E-state index contributed by atoms with van der Waals surface area (Å²) in [7, 11) is 3.39. The third-order valence-electron chi connectivity index (χ3n) is 3.16. The molecular formula is C15H17BrN2O2S. The van der Waals surface area contributed by atoms with Crippen LogP contribution in [0.2, 0.25) is 0 Å². The first-order valence-corrected chi connectivity index (χ1v) is 7.97. The molecule has 0 aliphatic carbocycles. The summed E-state index contributed by atoms with van der Waals surface area (Å²) in [6.07, 6.45) is 0. The van der Waals surface area contributed by atoms with E-state index in [1.54, 1.807) is 25.1 Å². The van der Waals surface area contributed by atoms with E-state index in [4.69, 9.17) is 10.5 Å². The molecule has 4 nitrogen and oxygen atoms in total. The number of rotatable bonds is 4. The van der Waals surface area contributed by atoms with Crippen molar-refractivity contribution in [3.63, 3.8) is 0 Å². The molecule has 0 bridgehead atoms. The summed E-state index contributed by atoms with van der Waals surface area (Å²) >= 11 is 4.85. The van der Waals surface area contributed by atoms with Gasteiger partial charge in [-0.05, 0) is 31.2 Å². The smallest absolute Gasteiger partial charge is 0.264 e. The van der Waals surface area contributed by atoms with Gasteiger partial charge in [-0.25, -0.2) is 0 Å². The molecule has 0 aliphatic rings. The molecule has 0 radical (unpaired) electrons. The molecule has 1 aromatic carbocycles. The number of methoxy groups -OCH3 is 1. The number of hydrogen-bond donors (Lipinski definition) is 1. The van der Waals surface area contributed by atoms with Crippen molar-refractivity contribution < 1.29 is 9.53 Å². The summed E-state index contributed by atoms with van der Waals surface area (Å²) in [6.45, 7) is 2.38. The van der Waals surface area contributed by atoms with Crippen LogP contribution in [0.4, 0.5) is 5.69 Å². The Kier molecular flexibility index (Phi) is 4.90. The van der Waals surface area contributed by atoms with Gasteiger partial charge in [-0.2, -0.15) is 0 Å². The second kappa shape index (κ2) is 6.49. The lowest BCUT2D eigenvalue weighted by Gasteiger charge is -2.18. The lowest BCUT2D eigenvalue weighted by atomic mass is 10.2. The normalized spacial score (nSPS) is 10.5. The van der Waals surface area contributed by atoms with Crippen molar-refractivity contribution in [3.8, 4) is 5.75 Å². The van der Waals surface area contributed by atoms with E-state index in [0.717, 1.165) is 20.7 Å². The molecule has 2 rings (SSSR count). The van der Waals surface area contributed by atoms with Gasteiger partial charge in [-0.15, -0.1) is 11.3 Å². The van der Waals surface area contributed by atoms with Crippen LogP contribution in [0.3, 0.4) is 0 Å². The SMILES string of the molecule is COc1ccc(Br)cc1CN(C)C(=O)c1cc(N)c(C)s1. The first-order valence-electron chi connectivity index (χ1n) is 6.36. The Bertz CT molecular complexity index is 650. The van der Waals surface area contributed by atoms with Crippen LogP contribution < -0.4 is 10.5 Å². The Balaban J connectivity index is 2.19. The second-order valence-electron chi connectivity index (χ2n) is 4.74. The minimum Gasteiger partial charge on any atom is -0.496 e. The Morgan fingerprint density at radius 2 is 2.14 bits per heavy atom. The van der Waals surface area contributed by atoms with Crippen molar-refractivity contribution >= 4 is 38.9 Å². The maximum atomic E-state index is 12.4. The van der Waals surface area contributed by atoms with Crippen molar-refractivity contribution in [2.45, 2.75) is 13.5 Å². The third-order valence-corrected chi connectivity index (χ3v) is 4.71. The number of halogens is 1. The molecule has 1 heterocycles. The number of thiophene rings is 1.